The molecule has 0 aliphatic rings. The molecule has 1 N–H and O–H groups in total. The second-order valence-corrected chi connectivity index (χ2v) is 6.59. The predicted molar refractivity (Wildman–Crippen MR) is 97.9 cm³/mol. The molecule has 0 aliphatic heterocycles. The Hall–Kier alpha value is -3.14. The van der Waals surface area contributed by atoms with Crippen molar-refractivity contribution in [3.63, 3.8) is 0 Å². The van der Waals surface area contributed by atoms with Gasteiger partial charge in [0.15, 0.2) is 10.8 Å². The van der Waals surface area contributed by atoms with Crippen molar-refractivity contribution in [3.8, 4) is 0 Å². The molecule has 0 saturated heterocycles. The quantitative estimate of drug-likeness (QED) is 0.411. The van der Waals surface area contributed by atoms with Crippen molar-refractivity contribution in [2.75, 3.05) is 6.61 Å². The summed E-state index contributed by atoms with van der Waals surface area (Å²) in [7, 11) is 0. The second kappa shape index (κ2) is 6.88. The summed E-state index contributed by atoms with van der Waals surface area (Å²) in [6.07, 6.45) is 1.86. The van der Waals surface area contributed by atoms with Crippen LogP contribution >= 0.6 is 11.8 Å². The number of rotatable bonds is 5. The number of furan rings is 1. The van der Waals surface area contributed by atoms with Gasteiger partial charge in [-0.1, -0.05) is 17.8 Å². The molecule has 0 unspecified atom stereocenters. The highest BCUT2D eigenvalue weighted by atomic mass is 32.2. The van der Waals surface area contributed by atoms with Gasteiger partial charge in [-0.3, -0.25) is 9.20 Å². The van der Waals surface area contributed by atoms with Gasteiger partial charge in [0.25, 0.3) is 5.56 Å². The van der Waals surface area contributed by atoms with E-state index in [1.54, 1.807) is 13.8 Å². The minimum absolute atomic E-state index is 0.104. The highest BCUT2D eigenvalue weighted by molar-refractivity contribution is 7.98. The van der Waals surface area contributed by atoms with Crippen LogP contribution in [0.4, 0.5) is 0 Å². The van der Waals surface area contributed by atoms with Crippen molar-refractivity contribution in [2.45, 2.75) is 24.8 Å². The minimum Gasteiger partial charge on any atom is -0.462 e. The van der Waals surface area contributed by atoms with Crippen LogP contribution in [0.25, 0.3) is 16.7 Å². The standard InChI is InChI=1S/C17H15N5O4S/c1-3-25-16(24)12-9(2)26-15-13(12)14(23)18-10(19-15)8-27-17-21-20-11-6-4-5-7-22(11)17/h4-7H,3,8H2,1-2H3,(H,18,19,23). The van der Waals surface area contributed by atoms with E-state index >= 15 is 0 Å². The van der Waals surface area contributed by atoms with Gasteiger partial charge < -0.3 is 14.1 Å². The molecule has 4 aromatic heterocycles. The summed E-state index contributed by atoms with van der Waals surface area (Å²) in [5.74, 6) is 0.470. The van der Waals surface area contributed by atoms with E-state index in [1.807, 2.05) is 28.8 Å². The van der Waals surface area contributed by atoms with Gasteiger partial charge >= 0.3 is 5.97 Å². The predicted octanol–water partition coefficient (Wildman–Crippen LogP) is 2.34. The van der Waals surface area contributed by atoms with E-state index < -0.39 is 11.5 Å². The van der Waals surface area contributed by atoms with Crippen LogP contribution in [-0.4, -0.2) is 37.1 Å². The number of esters is 1. The van der Waals surface area contributed by atoms with Gasteiger partial charge in [-0.15, -0.1) is 10.2 Å². The number of aryl methyl sites for hydroxylation is 1. The number of nitrogens with zero attached hydrogens (tertiary/aromatic N) is 4. The van der Waals surface area contributed by atoms with E-state index in [1.165, 1.54) is 11.8 Å². The zero-order valence-electron chi connectivity index (χ0n) is 14.6. The Balaban J connectivity index is 1.66. The van der Waals surface area contributed by atoms with Crippen molar-refractivity contribution in [3.05, 3.63) is 51.9 Å². The smallest absolute Gasteiger partial charge is 0.342 e. The van der Waals surface area contributed by atoms with E-state index in [2.05, 4.69) is 20.2 Å². The van der Waals surface area contributed by atoms with Gasteiger partial charge in [0.2, 0.25) is 5.71 Å². The molecule has 9 nitrogen and oxygen atoms in total. The Kier molecular flexibility index (Phi) is 4.40. The lowest BCUT2D eigenvalue weighted by molar-refractivity contribution is 0.0526. The number of pyridine rings is 1. The third kappa shape index (κ3) is 3.08. The van der Waals surface area contributed by atoms with Crippen LogP contribution in [-0.2, 0) is 10.5 Å². The normalized spacial score (nSPS) is 11.3. The summed E-state index contributed by atoms with van der Waals surface area (Å²) in [4.78, 5) is 31.6. The van der Waals surface area contributed by atoms with Crippen LogP contribution in [0.5, 0.6) is 0 Å². The van der Waals surface area contributed by atoms with Gasteiger partial charge in [0, 0.05) is 6.20 Å². The van der Waals surface area contributed by atoms with Crippen molar-refractivity contribution < 1.29 is 13.9 Å². The molecule has 0 aromatic carbocycles. The molecule has 4 aromatic rings. The lowest BCUT2D eigenvalue weighted by atomic mass is 10.2. The summed E-state index contributed by atoms with van der Waals surface area (Å²) in [6.45, 7) is 3.50. The topological polar surface area (TPSA) is 115 Å². The van der Waals surface area contributed by atoms with Gasteiger partial charge in [0.1, 0.15) is 22.5 Å². The van der Waals surface area contributed by atoms with Crippen LogP contribution in [0.1, 0.15) is 28.9 Å². The Morgan fingerprint density at radius 3 is 3.04 bits per heavy atom. The minimum atomic E-state index is -0.599. The Labute approximate surface area is 156 Å². The fourth-order valence-electron chi connectivity index (χ4n) is 2.73. The third-order valence-corrected chi connectivity index (χ3v) is 4.84. The van der Waals surface area contributed by atoms with Gasteiger partial charge in [-0.25, -0.2) is 4.79 Å². The molecule has 4 heterocycles. The number of aromatic nitrogens is 5. The van der Waals surface area contributed by atoms with Gasteiger partial charge in [-0.2, -0.15) is 4.98 Å². The second-order valence-electron chi connectivity index (χ2n) is 5.65. The SMILES string of the molecule is CCOC(=O)c1c(C)oc2nc(CSc3nnc4ccccn34)[nH]c(=O)c12. The maximum absolute atomic E-state index is 12.5. The Bertz CT molecular complexity index is 1210. The molecule has 0 atom stereocenters. The van der Waals surface area contributed by atoms with Crippen LogP contribution in [0.3, 0.4) is 0 Å². The summed E-state index contributed by atoms with van der Waals surface area (Å²) < 4.78 is 12.4. The molecule has 0 spiro atoms. The van der Waals surface area contributed by atoms with Crippen molar-refractivity contribution in [1.29, 1.82) is 0 Å². The number of fused-ring (bicyclic) bond motifs is 2. The first-order valence-electron chi connectivity index (χ1n) is 8.20. The molecule has 0 aliphatic carbocycles. The monoisotopic (exact) mass is 385 g/mol. The average molecular weight is 385 g/mol. The molecule has 0 radical (unpaired) electrons. The van der Waals surface area contributed by atoms with Crippen LogP contribution in [0.2, 0.25) is 0 Å². The number of hydrogen-bond donors (Lipinski definition) is 1. The zero-order chi connectivity index (χ0) is 19.0. The number of H-pyrrole nitrogens is 1. The number of carbonyl (C=O) groups is 1. The zero-order valence-corrected chi connectivity index (χ0v) is 15.4. The summed E-state index contributed by atoms with van der Waals surface area (Å²) in [6, 6.07) is 5.62. The maximum atomic E-state index is 12.5. The van der Waals surface area contributed by atoms with Crippen LogP contribution in [0, 0.1) is 6.92 Å². The summed E-state index contributed by atoms with van der Waals surface area (Å²) >= 11 is 1.38. The number of ether oxygens (including phenoxy) is 1. The number of thioether (sulfide) groups is 1. The van der Waals surface area contributed by atoms with Crippen molar-refractivity contribution in [2.24, 2.45) is 0 Å². The van der Waals surface area contributed by atoms with Crippen LogP contribution in [0.15, 0.2) is 38.8 Å². The highest BCUT2D eigenvalue weighted by Crippen LogP contribution is 2.24. The lowest BCUT2D eigenvalue weighted by Gasteiger charge is -2.01. The summed E-state index contributed by atoms with van der Waals surface area (Å²) in [5.41, 5.74) is 0.517. The number of aromatic amines is 1. The Morgan fingerprint density at radius 2 is 2.22 bits per heavy atom. The largest absolute Gasteiger partial charge is 0.462 e. The number of nitrogens with one attached hydrogen (secondary N) is 1. The van der Waals surface area contributed by atoms with Crippen molar-refractivity contribution in [1.82, 2.24) is 24.6 Å². The van der Waals surface area contributed by atoms with E-state index in [-0.39, 0.29) is 23.3 Å². The molecule has 138 valence electrons. The molecule has 27 heavy (non-hydrogen) atoms. The van der Waals surface area contributed by atoms with Gasteiger partial charge in [0.05, 0.1) is 12.4 Å². The van der Waals surface area contributed by atoms with E-state index in [4.69, 9.17) is 9.15 Å². The molecule has 0 bridgehead atoms. The number of hydrogen-bond acceptors (Lipinski definition) is 8. The Morgan fingerprint density at radius 1 is 1.37 bits per heavy atom. The average Bonchev–Trinajstić information content (AvgIpc) is 3.20. The molecule has 0 saturated carbocycles. The third-order valence-electron chi connectivity index (χ3n) is 3.89. The molecular weight excluding hydrogens is 370 g/mol. The molecule has 4 rings (SSSR count). The highest BCUT2D eigenvalue weighted by Gasteiger charge is 2.23. The maximum Gasteiger partial charge on any atom is 0.342 e. The van der Waals surface area contributed by atoms with E-state index in [9.17, 15) is 9.59 Å². The fourth-order valence-corrected chi connectivity index (χ4v) is 3.53. The first-order chi connectivity index (χ1) is 13.1. The molecule has 10 heteroatoms. The lowest BCUT2D eigenvalue weighted by Crippen LogP contribution is -2.14. The fraction of sp³-hybridized carbons (Fsp3) is 0.235. The van der Waals surface area contributed by atoms with Crippen LogP contribution < -0.4 is 5.56 Å². The first-order valence-corrected chi connectivity index (χ1v) is 9.19. The van der Waals surface area contributed by atoms with Gasteiger partial charge in [-0.05, 0) is 26.0 Å². The van der Waals surface area contributed by atoms with E-state index in [0.29, 0.717) is 22.5 Å². The van der Waals surface area contributed by atoms with Crippen molar-refractivity contribution >= 4 is 34.5 Å². The van der Waals surface area contributed by atoms with E-state index in [0.717, 1.165) is 5.65 Å². The molecule has 0 fully saturated rings. The number of carbonyl (C=O) groups excluding carboxylic acids is 1. The molecule has 0 amide bonds. The summed E-state index contributed by atoms with van der Waals surface area (Å²) in [5, 5.41) is 8.99. The first kappa shape index (κ1) is 17.3. The molecular formula is C17H15N5O4S.